The van der Waals surface area contributed by atoms with Gasteiger partial charge >= 0.3 is 5.97 Å². The Kier molecular flexibility index (Phi) is 8.48. The Hall–Kier alpha value is -2.79. The summed E-state index contributed by atoms with van der Waals surface area (Å²) in [4.78, 5) is 25.7. The second-order valence-corrected chi connectivity index (χ2v) is 9.33. The molecule has 0 heterocycles. The van der Waals surface area contributed by atoms with Crippen molar-refractivity contribution in [2.75, 3.05) is 34.1 Å². The molecule has 8 heteroatoms. The Bertz CT molecular complexity index is 899. The molecule has 0 fully saturated rings. The molecule has 0 aliphatic rings. The van der Waals surface area contributed by atoms with Crippen LogP contribution in [0.1, 0.15) is 30.1 Å². The van der Waals surface area contributed by atoms with Crippen molar-refractivity contribution >= 4 is 23.9 Å². The number of rotatable bonds is 11. The van der Waals surface area contributed by atoms with Gasteiger partial charge in [-0.15, -0.1) is 0 Å². The van der Waals surface area contributed by atoms with Crippen LogP contribution in [-0.2, 0) is 14.1 Å². The lowest BCUT2D eigenvalue weighted by Gasteiger charge is -2.21. The van der Waals surface area contributed by atoms with Crippen molar-refractivity contribution in [2.24, 2.45) is 0 Å². The molecular formula is C22H27O7P. The highest BCUT2D eigenvalue weighted by molar-refractivity contribution is 7.87. The number of ether oxygens (including phenoxy) is 4. The predicted octanol–water partition coefficient (Wildman–Crippen LogP) is 3.88. The second kappa shape index (κ2) is 10.8. The lowest BCUT2D eigenvalue weighted by molar-refractivity contribution is -0.143. The topological polar surface area (TPSA) is 88.1 Å². The van der Waals surface area contributed by atoms with Crippen LogP contribution in [0.5, 0.6) is 17.2 Å². The van der Waals surface area contributed by atoms with Crippen LogP contribution in [0.3, 0.4) is 0 Å². The molecule has 0 radical (unpaired) electrons. The van der Waals surface area contributed by atoms with Gasteiger partial charge < -0.3 is 23.5 Å². The van der Waals surface area contributed by atoms with Gasteiger partial charge in [-0.3, -0.25) is 9.59 Å². The van der Waals surface area contributed by atoms with E-state index in [2.05, 4.69) is 0 Å². The van der Waals surface area contributed by atoms with Crippen molar-refractivity contribution in [1.29, 1.82) is 0 Å². The van der Waals surface area contributed by atoms with Gasteiger partial charge in [-0.25, -0.2) is 0 Å². The molecule has 0 aliphatic heterocycles. The van der Waals surface area contributed by atoms with Crippen molar-refractivity contribution in [2.45, 2.75) is 19.8 Å². The smallest absolute Gasteiger partial charge is 0.306 e. The van der Waals surface area contributed by atoms with E-state index < -0.39 is 18.6 Å². The lowest BCUT2D eigenvalue weighted by atomic mass is 10.2. The first-order valence-electron chi connectivity index (χ1n) is 9.56. The van der Waals surface area contributed by atoms with Crippen molar-refractivity contribution in [3.05, 3.63) is 48.0 Å². The van der Waals surface area contributed by atoms with Crippen molar-refractivity contribution in [1.82, 2.24) is 0 Å². The summed E-state index contributed by atoms with van der Waals surface area (Å²) in [5, 5.41) is 0.359. The Morgan fingerprint density at radius 1 is 0.933 bits per heavy atom. The average molecular weight is 434 g/mol. The maximum absolute atomic E-state index is 14.1. The molecule has 0 aromatic heterocycles. The molecule has 0 saturated carbocycles. The average Bonchev–Trinajstić information content (AvgIpc) is 2.80. The van der Waals surface area contributed by atoms with Gasteiger partial charge in [-0.2, -0.15) is 0 Å². The van der Waals surface area contributed by atoms with Gasteiger partial charge in [-0.1, -0.05) is 37.3 Å². The highest BCUT2D eigenvalue weighted by Gasteiger charge is 2.38. The molecule has 2 aromatic rings. The Balaban J connectivity index is 2.53. The lowest BCUT2D eigenvalue weighted by Crippen LogP contribution is -2.19. The van der Waals surface area contributed by atoms with E-state index in [9.17, 15) is 14.2 Å². The fourth-order valence-corrected chi connectivity index (χ4v) is 5.38. The van der Waals surface area contributed by atoms with Crippen LogP contribution in [0.4, 0.5) is 0 Å². The highest BCUT2D eigenvalue weighted by atomic mass is 31.2. The summed E-state index contributed by atoms with van der Waals surface area (Å²) in [7, 11) is 0.570. The standard InChI is InChI=1S/C22H27O7P/c1-5-12-29-20(23)11-13-30(25,17-9-7-6-8-10-17)22(24)21-18(27-3)14-16(26-2)15-19(21)28-4/h6-10,14-15H,5,11-13H2,1-4H3. The molecule has 0 spiro atoms. The van der Waals surface area contributed by atoms with Crippen LogP contribution in [0.25, 0.3) is 0 Å². The summed E-state index contributed by atoms with van der Waals surface area (Å²) in [6, 6.07) is 11.5. The number of esters is 1. The maximum Gasteiger partial charge on any atom is 0.306 e. The number of carbonyl (C=O) groups excluding carboxylic acids is 2. The first-order valence-corrected chi connectivity index (χ1v) is 11.5. The van der Waals surface area contributed by atoms with Crippen LogP contribution < -0.4 is 19.5 Å². The first-order chi connectivity index (χ1) is 14.4. The summed E-state index contributed by atoms with van der Waals surface area (Å²) in [5.74, 6) is 0.300. The summed E-state index contributed by atoms with van der Waals surface area (Å²) in [6.07, 6.45) is 0.386. The zero-order valence-corrected chi connectivity index (χ0v) is 18.6. The van der Waals surface area contributed by atoms with E-state index >= 15 is 0 Å². The maximum atomic E-state index is 14.1. The number of carbonyl (C=O) groups is 2. The SMILES string of the molecule is CCCOC(=O)CCP(=O)(C(=O)c1c(OC)cc(OC)cc1OC)c1ccccc1. The van der Waals surface area contributed by atoms with Gasteiger partial charge in [0.05, 0.1) is 34.4 Å². The third kappa shape index (κ3) is 5.22. The normalized spacial score (nSPS) is 12.5. The van der Waals surface area contributed by atoms with E-state index in [1.807, 2.05) is 6.92 Å². The van der Waals surface area contributed by atoms with Crippen LogP contribution in [0.2, 0.25) is 0 Å². The Morgan fingerprint density at radius 2 is 1.53 bits per heavy atom. The zero-order chi connectivity index (χ0) is 22.1. The molecule has 0 aliphatic carbocycles. The van der Waals surface area contributed by atoms with Gasteiger partial charge in [0.25, 0.3) is 0 Å². The predicted molar refractivity (Wildman–Crippen MR) is 115 cm³/mol. The second-order valence-electron chi connectivity index (χ2n) is 6.48. The van der Waals surface area contributed by atoms with Crippen LogP contribution in [0, 0.1) is 0 Å². The minimum Gasteiger partial charge on any atom is -0.496 e. The third-order valence-corrected chi connectivity index (χ3v) is 7.39. The Labute approximate surface area is 176 Å². The molecule has 7 nitrogen and oxygen atoms in total. The number of hydrogen-bond acceptors (Lipinski definition) is 7. The van der Waals surface area contributed by atoms with Crippen LogP contribution in [-0.4, -0.2) is 45.6 Å². The van der Waals surface area contributed by atoms with E-state index in [0.717, 1.165) is 0 Å². The first kappa shape index (κ1) is 23.5. The third-order valence-electron chi connectivity index (χ3n) is 4.53. The van der Waals surface area contributed by atoms with E-state index in [4.69, 9.17) is 18.9 Å². The number of methoxy groups -OCH3 is 3. The van der Waals surface area contributed by atoms with Gasteiger partial charge in [0.1, 0.15) is 22.8 Å². The summed E-state index contributed by atoms with van der Waals surface area (Å²) >= 11 is 0. The van der Waals surface area contributed by atoms with E-state index in [0.29, 0.717) is 17.5 Å². The van der Waals surface area contributed by atoms with Gasteiger partial charge in [-0.05, 0) is 6.42 Å². The molecule has 2 aromatic carbocycles. The van der Waals surface area contributed by atoms with Crippen molar-refractivity contribution in [3.8, 4) is 17.2 Å². The van der Waals surface area contributed by atoms with Gasteiger partial charge in [0, 0.05) is 23.6 Å². The molecule has 0 amide bonds. The quantitative estimate of drug-likeness (QED) is 0.392. The molecule has 30 heavy (non-hydrogen) atoms. The molecule has 1 unspecified atom stereocenters. The van der Waals surface area contributed by atoms with Gasteiger partial charge in [0.15, 0.2) is 7.14 Å². The molecule has 0 bridgehead atoms. The van der Waals surface area contributed by atoms with E-state index in [1.165, 1.54) is 33.5 Å². The molecule has 2 rings (SSSR count). The Morgan fingerprint density at radius 3 is 2.03 bits per heavy atom. The number of hydrogen-bond donors (Lipinski definition) is 0. The zero-order valence-electron chi connectivity index (χ0n) is 17.7. The van der Waals surface area contributed by atoms with Crippen LogP contribution in [0.15, 0.2) is 42.5 Å². The van der Waals surface area contributed by atoms with Crippen molar-refractivity contribution in [3.63, 3.8) is 0 Å². The molecule has 0 saturated heterocycles. The largest absolute Gasteiger partial charge is 0.496 e. The molecule has 1 atom stereocenters. The molecule has 0 N–H and O–H groups in total. The van der Waals surface area contributed by atoms with Crippen LogP contribution >= 0.6 is 7.14 Å². The molecule has 162 valence electrons. The fourth-order valence-electron chi connectivity index (χ4n) is 2.95. The highest BCUT2D eigenvalue weighted by Crippen LogP contribution is 2.52. The van der Waals surface area contributed by atoms with Gasteiger partial charge in [0.2, 0.25) is 5.52 Å². The van der Waals surface area contributed by atoms with Crippen molar-refractivity contribution < 1.29 is 33.1 Å². The fraction of sp³-hybridized carbons (Fsp3) is 0.364. The minimum atomic E-state index is -3.72. The van der Waals surface area contributed by atoms with E-state index in [1.54, 1.807) is 30.3 Å². The summed E-state index contributed by atoms with van der Waals surface area (Å²) in [6.45, 7) is 2.16. The monoisotopic (exact) mass is 434 g/mol. The summed E-state index contributed by atoms with van der Waals surface area (Å²) < 4.78 is 35.1. The number of benzene rings is 2. The summed E-state index contributed by atoms with van der Waals surface area (Å²) in [5.41, 5.74) is -0.594. The molecular weight excluding hydrogens is 407 g/mol. The minimum absolute atomic E-state index is 0.0508. The van der Waals surface area contributed by atoms with E-state index in [-0.39, 0.29) is 36.3 Å².